The number of hydrogen-bond donors (Lipinski definition) is 1. The summed E-state index contributed by atoms with van der Waals surface area (Å²) in [5.74, 6) is 0.0908. The van der Waals surface area contributed by atoms with Gasteiger partial charge in [0.25, 0.3) is 0 Å². The molecule has 5 nitrogen and oxygen atoms in total. The topological polar surface area (TPSA) is 68.5 Å². The number of aromatic nitrogens is 1. The molecule has 0 unspecified atom stereocenters. The molecular formula is C15H25N3O2. The molecule has 1 aromatic heterocycles. The van der Waals surface area contributed by atoms with Gasteiger partial charge in [-0.05, 0) is 25.0 Å². The summed E-state index contributed by atoms with van der Waals surface area (Å²) < 4.78 is 5.10. The van der Waals surface area contributed by atoms with Crippen LogP contribution >= 0.6 is 0 Å². The van der Waals surface area contributed by atoms with Crippen molar-refractivity contribution < 1.29 is 9.53 Å². The summed E-state index contributed by atoms with van der Waals surface area (Å²) in [6.07, 6.45) is 3.78. The van der Waals surface area contributed by atoms with E-state index in [1.165, 1.54) is 0 Å². The highest BCUT2D eigenvalue weighted by molar-refractivity contribution is 5.78. The predicted octanol–water partition coefficient (Wildman–Crippen LogP) is 1.87. The third kappa shape index (κ3) is 4.81. The number of carbonyl (C=O) groups excluding carboxylic acids is 1. The van der Waals surface area contributed by atoms with Crippen molar-refractivity contribution in [2.75, 3.05) is 26.0 Å². The van der Waals surface area contributed by atoms with Crippen LogP contribution in [0.25, 0.3) is 0 Å². The number of nitrogens with zero attached hydrogens (tertiary/aromatic N) is 2. The first-order valence-corrected chi connectivity index (χ1v) is 7.11. The molecule has 0 aliphatic heterocycles. The maximum Gasteiger partial charge on any atom is 0.228 e. The van der Waals surface area contributed by atoms with Crippen molar-refractivity contribution in [2.24, 2.45) is 0 Å². The second kappa shape index (κ2) is 8.53. The molecule has 0 aliphatic carbocycles. The van der Waals surface area contributed by atoms with E-state index in [0.717, 1.165) is 18.5 Å². The van der Waals surface area contributed by atoms with Gasteiger partial charge in [-0.3, -0.25) is 9.78 Å². The second-order valence-corrected chi connectivity index (χ2v) is 4.81. The van der Waals surface area contributed by atoms with Crippen molar-refractivity contribution in [3.8, 4) is 0 Å². The summed E-state index contributed by atoms with van der Waals surface area (Å²) >= 11 is 0. The number of rotatable bonds is 8. The fraction of sp³-hybridized carbons (Fsp3) is 0.600. The van der Waals surface area contributed by atoms with E-state index in [9.17, 15) is 4.79 Å². The number of pyridine rings is 1. The standard InChI is InChI=1S/C15H25N3O2/c1-4-14(5-2)18(8-9-20-3)15(19)10-13-7-6-12(16)11-17-13/h6-7,11,14H,4-5,8-10,16H2,1-3H3. The minimum absolute atomic E-state index is 0.0908. The van der Waals surface area contributed by atoms with Crippen LogP contribution in [0.4, 0.5) is 5.69 Å². The Morgan fingerprint density at radius 3 is 2.60 bits per heavy atom. The van der Waals surface area contributed by atoms with Gasteiger partial charge in [0.05, 0.1) is 24.9 Å². The van der Waals surface area contributed by atoms with Crippen molar-refractivity contribution in [3.63, 3.8) is 0 Å². The lowest BCUT2D eigenvalue weighted by atomic mass is 10.1. The van der Waals surface area contributed by atoms with Crippen molar-refractivity contribution in [2.45, 2.75) is 39.2 Å². The second-order valence-electron chi connectivity index (χ2n) is 4.81. The zero-order valence-electron chi connectivity index (χ0n) is 12.6. The van der Waals surface area contributed by atoms with E-state index < -0.39 is 0 Å². The van der Waals surface area contributed by atoms with E-state index >= 15 is 0 Å². The van der Waals surface area contributed by atoms with Gasteiger partial charge < -0.3 is 15.4 Å². The van der Waals surface area contributed by atoms with E-state index in [1.807, 2.05) is 4.90 Å². The molecular weight excluding hydrogens is 254 g/mol. The number of anilines is 1. The molecule has 2 N–H and O–H groups in total. The smallest absolute Gasteiger partial charge is 0.228 e. The van der Waals surface area contributed by atoms with E-state index in [0.29, 0.717) is 25.3 Å². The minimum Gasteiger partial charge on any atom is -0.397 e. The zero-order valence-corrected chi connectivity index (χ0v) is 12.6. The van der Waals surface area contributed by atoms with E-state index in [1.54, 1.807) is 25.4 Å². The van der Waals surface area contributed by atoms with Gasteiger partial charge in [0.2, 0.25) is 5.91 Å². The molecule has 0 aliphatic rings. The summed E-state index contributed by atoms with van der Waals surface area (Å²) in [4.78, 5) is 18.6. The maximum atomic E-state index is 12.5. The molecule has 0 fully saturated rings. The molecule has 0 radical (unpaired) electrons. The lowest BCUT2D eigenvalue weighted by molar-refractivity contribution is -0.133. The average molecular weight is 279 g/mol. The molecule has 0 saturated heterocycles. The summed E-state index contributed by atoms with van der Waals surface area (Å²) in [7, 11) is 1.65. The van der Waals surface area contributed by atoms with Crippen LogP contribution in [-0.4, -0.2) is 42.1 Å². The van der Waals surface area contributed by atoms with E-state index in [2.05, 4.69) is 18.8 Å². The van der Waals surface area contributed by atoms with Crippen LogP contribution in [0.1, 0.15) is 32.4 Å². The molecule has 0 aromatic carbocycles. The lowest BCUT2D eigenvalue weighted by Crippen LogP contribution is -2.42. The Kier molecular flexibility index (Phi) is 7.01. The van der Waals surface area contributed by atoms with Gasteiger partial charge in [-0.2, -0.15) is 0 Å². The lowest BCUT2D eigenvalue weighted by Gasteiger charge is -2.30. The molecule has 1 rings (SSSR count). The van der Waals surface area contributed by atoms with E-state index in [4.69, 9.17) is 10.5 Å². The van der Waals surface area contributed by atoms with Crippen LogP contribution < -0.4 is 5.73 Å². The van der Waals surface area contributed by atoms with Crippen LogP contribution in [0.15, 0.2) is 18.3 Å². The van der Waals surface area contributed by atoms with Crippen LogP contribution in [0.5, 0.6) is 0 Å². The summed E-state index contributed by atoms with van der Waals surface area (Å²) in [6.45, 7) is 5.37. The monoisotopic (exact) mass is 279 g/mol. The number of amides is 1. The van der Waals surface area contributed by atoms with E-state index in [-0.39, 0.29) is 11.9 Å². The van der Waals surface area contributed by atoms with Crippen molar-refractivity contribution >= 4 is 11.6 Å². The summed E-state index contributed by atoms with van der Waals surface area (Å²) in [6, 6.07) is 3.83. The zero-order chi connectivity index (χ0) is 15.0. The van der Waals surface area contributed by atoms with Crippen LogP contribution in [-0.2, 0) is 16.0 Å². The number of carbonyl (C=O) groups is 1. The third-order valence-corrected chi connectivity index (χ3v) is 3.42. The molecule has 0 saturated carbocycles. The van der Waals surface area contributed by atoms with Crippen LogP contribution in [0.3, 0.4) is 0 Å². The SMILES string of the molecule is CCC(CC)N(CCOC)C(=O)Cc1ccc(N)cn1. The van der Waals surface area contributed by atoms with Crippen molar-refractivity contribution in [1.82, 2.24) is 9.88 Å². The Morgan fingerprint density at radius 1 is 1.40 bits per heavy atom. The summed E-state index contributed by atoms with van der Waals surface area (Å²) in [5.41, 5.74) is 6.96. The molecule has 0 atom stereocenters. The number of nitrogens with two attached hydrogens (primary N) is 1. The predicted molar refractivity (Wildman–Crippen MR) is 80.3 cm³/mol. The van der Waals surface area contributed by atoms with Crippen molar-refractivity contribution in [3.05, 3.63) is 24.0 Å². The van der Waals surface area contributed by atoms with Gasteiger partial charge in [0.1, 0.15) is 0 Å². The molecule has 0 bridgehead atoms. The van der Waals surface area contributed by atoms with Gasteiger partial charge >= 0.3 is 0 Å². The molecule has 1 amide bonds. The molecule has 1 aromatic rings. The van der Waals surface area contributed by atoms with Gasteiger partial charge in [-0.25, -0.2) is 0 Å². The summed E-state index contributed by atoms with van der Waals surface area (Å²) in [5, 5.41) is 0. The first-order chi connectivity index (χ1) is 9.62. The first-order valence-electron chi connectivity index (χ1n) is 7.11. The number of hydrogen-bond acceptors (Lipinski definition) is 4. The van der Waals surface area contributed by atoms with Gasteiger partial charge in [0.15, 0.2) is 0 Å². The third-order valence-electron chi connectivity index (χ3n) is 3.42. The number of methoxy groups -OCH3 is 1. The highest BCUT2D eigenvalue weighted by Gasteiger charge is 2.21. The number of nitrogen functional groups attached to an aromatic ring is 1. The molecule has 5 heteroatoms. The Hall–Kier alpha value is -1.62. The largest absolute Gasteiger partial charge is 0.397 e. The fourth-order valence-corrected chi connectivity index (χ4v) is 2.23. The molecule has 20 heavy (non-hydrogen) atoms. The Labute approximate surface area is 121 Å². The Morgan fingerprint density at radius 2 is 2.10 bits per heavy atom. The molecule has 1 heterocycles. The Balaban J connectivity index is 2.73. The van der Waals surface area contributed by atoms with Gasteiger partial charge in [-0.15, -0.1) is 0 Å². The maximum absolute atomic E-state index is 12.5. The fourth-order valence-electron chi connectivity index (χ4n) is 2.23. The van der Waals surface area contributed by atoms with Gasteiger partial charge in [0, 0.05) is 25.4 Å². The highest BCUT2D eigenvalue weighted by atomic mass is 16.5. The molecule has 112 valence electrons. The Bertz CT molecular complexity index is 402. The van der Waals surface area contributed by atoms with Gasteiger partial charge in [-0.1, -0.05) is 13.8 Å². The minimum atomic E-state index is 0.0908. The quantitative estimate of drug-likeness (QED) is 0.788. The van der Waals surface area contributed by atoms with Crippen LogP contribution in [0, 0.1) is 0 Å². The van der Waals surface area contributed by atoms with Crippen molar-refractivity contribution in [1.29, 1.82) is 0 Å². The molecule has 0 spiro atoms. The normalized spacial score (nSPS) is 10.8. The number of ether oxygens (including phenoxy) is 1. The average Bonchev–Trinajstić information content (AvgIpc) is 2.45. The highest BCUT2D eigenvalue weighted by Crippen LogP contribution is 2.11. The van der Waals surface area contributed by atoms with Crippen LogP contribution in [0.2, 0.25) is 0 Å². The first kappa shape index (κ1) is 16.4.